The number of rotatable bonds is 1. The van der Waals surface area contributed by atoms with Crippen molar-refractivity contribution in [3.8, 4) is 5.00 Å². The molecule has 0 aliphatic carbocycles. The topological polar surface area (TPSA) is 43.1 Å². The summed E-state index contributed by atoms with van der Waals surface area (Å²) in [6, 6.07) is 10.0. The van der Waals surface area contributed by atoms with E-state index in [1.54, 1.807) is 0 Å². The molecule has 1 aromatic carbocycles. The highest BCUT2D eigenvalue weighted by molar-refractivity contribution is 9.10. The summed E-state index contributed by atoms with van der Waals surface area (Å²) in [6.45, 7) is 2.44. The third-order valence-electron chi connectivity index (χ3n) is 3.54. The van der Waals surface area contributed by atoms with Crippen molar-refractivity contribution >= 4 is 44.6 Å². The average molecular weight is 394 g/mol. The molecular weight excluding hydrogens is 384 g/mol. The third-order valence-corrected chi connectivity index (χ3v) is 5.48. The predicted octanol–water partition coefficient (Wildman–Crippen LogP) is 4.40. The maximum Gasteiger partial charge on any atom is 0.160 e. The van der Waals surface area contributed by atoms with Crippen molar-refractivity contribution in [1.29, 1.82) is 0 Å². The van der Waals surface area contributed by atoms with Crippen LogP contribution >= 0.6 is 38.9 Å². The van der Waals surface area contributed by atoms with Crippen molar-refractivity contribution in [3.63, 3.8) is 0 Å². The zero-order valence-corrected chi connectivity index (χ0v) is 14.7. The molecule has 2 aromatic heterocycles. The number of hydrogen-bond donors (Lipinski definition) is 0. The summed E-state index contributed by atoms with van der Waals surface area (Å²) in [5.41, 5.74) is 2.99. The monoisotopic (exact) mass is 392 g/mol. The van der Waals surface area contributed by atoms with Crippen LogP contribution in [0.3, 0.4) is 0 Å². The van der Waals surface area contributed by atoms with E-state index in [-0.39, 0.29) is 0 Å². The van der Waals surface area contributed by atoms with Gasteiger partial charge >= 0.3 is 0 Å². The molecule has 0 saturated carbocycles. The molecule has 7 heteroatoms. The largest absolute Gasteiger partial charge is 0.276 e. The van der Waals surface area contributed by atoms with Gasteiger partial charge in [-0.15, -0.1) is 21.5 Å². The summed E-state index contributed by atoms with van der Waals surface area (Å²) < 4.78 is 3.78. The molecule has 4 rings (SSSR count). The Labute approximate surface area is 144 Å². The Hall–Kier alpha value is -1.50. The molecule has 3 aromatic rings. The van der Waals surface area contributed by atoms with E-state index in [1.165, 1.54) is 11.3 Å². The van der Waals surface area contributed by atoms with Gasteiger partial charge in [0.2, 0.25) is 0 Å². The van der Waals surface area contributed by atoms with Gasteiger partial charge in [-0.05, 0) is 19.1 Å². The summed E-state index contributed by atoms with van der Waals surface area (Å²) in [4.78, 5) is 4.77. The predicted molar refractivity (Wildman–Crippen MR) is 92.5 cm³/mol. The van der Waals surface area contributed by atoms with E-state index in [4.69, 9.17) is 16.6 Å². The van der Waals surface area contributed by atoms with E-state index in [9.17, 15) is 0 Å². The van der Waals surface area contributed by atoms with E-state index in [0.29, 0.717) is 6.54 Å². The van der Waals surface area contributed by atoms with E-state index in [1.807, 2.05) is 35.8 Å². The molecule has 0 amide bonds. The SMILES string of the molecule is Cc1nnc2n1-c1sc(Cl)cc1C(c1ccccc1Br)=NC2. The van der Waals surface area contributed by atoms with Gasteiger partial charge < -0.3 is 0 Å². The molecule has 0 unspecified atom stereocenters. The number of halogens is 2. The third kappa shape index (κ3) is 2.14. The molecule has 4 nitrogen and oxygen atoms in total. The summed E-state index contributed by atoms with van der Waals surface area (Å²) in [5.74, 6) is 1.68. The Kier molecular flexibility index (Phi) is 3.40. The number of fused-ring (bicyclic) bond motifs is 3. The van der Waals surface area contributed by atoms with Crippen LogP contribution in [0.15, 0.2) is 39.8 Å². The second-order valence-corrected chi connectivity index (χ2v) is 7.43. The van der Waals surface area contributed by atoms with Crippen LogP contribution in [-0.4, -0.2) is 20.5 Å². The van der Waals surface area contributed by atoms with Gasteiger partial charge in [0.25, 0.3) is 0 Å². The molecule has 1 aliphatic rings. The highest BCUT2D eigenvalue weighted by atomic mass is 79.9. The second-order valence-electron chi connectivity index (χ2n) is 4.91. The first kappa shape index (κ1) is 14.1. The molecule has 0 fully saturated rings. The van der Waals surface area contributed by atoms with Crippen molar-refractivity contribution in [1.82, 2.24) is 14.8 Å². The van der Waals surface area contributed by atoms with Crippen LogP contribution in [0.4, 0.5) is 0 Å². The zero-order valence-electron chi connectivity index (χ0n) is 11.5. The average Bonchev–Trinajstić information content (AvgIpc) is 3.00. The molecule has 0 bridgehead atoms. The Bertz CT molecular complexity index is 912. The van der Waals surface area contributed by atoms with E-state index in [2.05, 4.69) is 32.2 Å². The summed E-state index contributed by atoms with van der Waals surface area (Å²) in [7, 11) is 0. The molecule has 110 valence electrons. The van der Waals surface area contributed by atoms with Gasteiger partial charge in [-0.25, -0.2) is 0 Å². The molecule has 0 N–H and O–H groups in total. The molecule has 0 saturated heterocycles. The highest BCUT2D eigenvalue weighted by Crippen LogP contribution is 2.36. The smallest absolute Gasteiger partial charge is 0.160 e. The molecule has 22 heavy (non-hydrogen) atoms. The molecular formula is C15H10BrClN4S. The van der Waals surface area contributed by atoms with Gasteiger partial charge in [0, 0.05) is 15.6 Å². The molecule has 3 heterocycles. The van der Waals surface area contributed by atoms with Crippen molar-refractivity contribution in [3.05, 3.63) is 61.9 Å². The van der Waals surface area contributed by atoms with Crippen LogP contribution in [0.25, 0.3) is 5.00 Å². The minimum atomic E-state index is 0.497. The lowest BCUT2D eigenvalue weighted by Gasteiger charge is -2.08. The fraction of sp³-hybridized carbons (Fsp3) is 0.133. The molecule has 0 atom stereocenters. The highest BCUT2D eigenvalue weighted by Gasteiger charge is 2.24. The van der Waals surface area contributed by atoms with Crippen LogP contribution < -0.4 is 0 Å². The Balaban J connectivity index is 2.00. The molecule has 0 spiro atoms. The normalized spacial score (nSPS) is 13.3. The summed E-state index contributed by atoms with van der Waals surface area (Å²) >= 11 is 11.4. The fourth-order valence-corrected chi connectivity index (χ4v) is 4.34. The number of thiophene rings is 1. The Morgan fingerprint density at radius 2 is 2.05 bits per heavy atom. The minimum absolute atomic E-state index is 0.497. The maximum atomic E-state index is 6.28. The van der Waals surface area contributed by atoms with Crippen molar-refractivity contribution in [2.75, 3.05) is 0 Å². The van der Waals surface area contributed by atoms with Crippen LogP contribution in [0.5, 0.6) is 0 Å². The Morgan fingerprint density at radius 1 is 1.23 bits per heavy atom. The number of hydrogen-bond acceptors (Lipinski definition) is 4. The first-order valence-electron chi connectivity index (χ1n) is 6.65. The van der Waals surface area contributed by atoms with Gasteiger partial charge in [-0.1, -0.05) is 45.7 Å². The number of benzene rings is 1. The molecule has 0 radical (unpaired) electrons. The van der Waals surface area contributed by atoms with Crippen molar-refractivity contribution < 1.29 is 0 Å². The number of aromatic nitrogens is 3. The summed E-state index contributed by atoms with van der Waals surface area (Å²) in [6.07, 6.45) is 0. The quantitative estimate of drug-likeness (QED) is 0.615. The molecule has 1 aliphatic heterocycles. The standard InChI is InChI=1S/C15H10BrClN4S/c1-8-19-20-13-7-18-14(9-4-2-3-5-11(9)16)10-6-12(17)22-15(10)21(8)13/h2-6H,7H2,1H3. The van der Waals surface area contributed by atoms with Crippen molar-refractivity contribution in [2.45, 2.75) is 13.5 Å². The van der Waals surface area contributed by atoms with Crippen LogP contribution in [0, 0.1) is 6.92 Å². The van der Waals surface area contributed by atoms with E-state index in [0.717, 1.165) is 42.3 Å². The van der Waals surface area contributed by atoms with Gasteiger partial charge in [0.1, 0.15) is 17.4 Å². The minimum Gasteiger partial charge on any atom is -0.276 e. The maximum absolute atomic E-state index is 6.28. The van der Waals surface area contributed by atoms with Crippen molar-refractivity contribution in [2.24, 2.45) is 4.99 Å². The lowest BCUT2D eigenvalue weighted by molar-refractivity contribution is 0.869. The number of nitrogens with zero attached hydrogens (tertiary/aromatic N) is 4. The number of aryl methyl sites for hydroxylation is 1. The zero-order chi connectivity index (χ0) is 15.3. The summed E-state index contributed by atoms with van der Waals surface area (Å²) in [5, 5.41) is 9.42. The van der Waals surface area contributed by atoms with Gasteiger partial charge in [0.15, 0.2) is 5.82 Å². The van der Waals surface area contributed by atoms with Gasteiger partial charge in [-0.3, -0.25) is 9.56 Å². The fourth-order valence-electron chi connectivity index (χ4n) is 2.58. The Morgan fingerprint density at radius 3 is 2.86 bits per heavy atom. The second kappa shape index (κ2) is 5.30. The first-order chi connectivity index (χ1) is 10.6. The van der Waals surface area contributed by atoms with Crippen LogP contribution in [-0.2, 0) is 6.54 Å². The van der Waals surface area contributed by atoms with E-state index < -0.39 is 0 Å². The lowest BCUT2D eigenvalue weighted by atomic mass is 10.0. The van der Waals surface area contributed by atoms with Gasteiger partial charge in [-0.2, -0.15) is 0 Å². The van der Waals surface area contributed by atoms with Crippen LogP contribution in [0.1, 0.15) is 22.8 Å². The van der Waals surface area contributed by atoms with Crippen LogP contribution in [0.2, 0.25) is 4.34 Å². The number of aliphatic imine (C=N–C) groups is 1. The van der Waals surface area contributed by atoms with E-state index >= 15 is 0 Å². The van der Waals surface area contributed by atoms with Gasteiger partial charge in [0.05, 0.1) is 10.0 Å². The first-order valence-corrected chi connectivity index (χ1v) is 8.64. The lowest BCUT2D eigenvalue weighted by Crippen LogP contribution is -2.05.